The second-order valence-corrected chi connectivity index (χ2v) is 5.82. The van der Waals surface area contributed by atoms with Crippen molar-refractivity contribution in [3.8, 4) is 0 Å². The summed E-state index contributed by atoms with van der Waals surface area (Å²) in [4.78, 5) is 28.5. The molecular weight excluding hydrogens is 307 g/mol. The predicted molar refractivity (Wildman–Crippen MR) is 73.3 cm³/mol. The van der Waals surface area contributed by atoms with Crippen LogP contribution in [0.4, 0.5) is 4.39 Å². The average Bonchev–Trinajstić information content (AvgIpc) is 2.84. The van der Waals surface area contributed by atoms with E-state index in [2.05, 4.69) is 4.98 Å². The molecule has 0 spiro atoms. The van der Waals surface area contributed by atoms with E-state index in [0.717, 1.165) is 12.3 Å². The highest BCUT2D eigenvalue weighted by molar-refractivity contribution is 8.00. The number of aromatic nitrogens is 1. The average molecular weight is 319 g/mol. The number of carbonyl (C=O) groups is 2. The number of rotatable bonds is 3. The molecule has 1 saturated heterocycles. The Morgan fingerprint density at radius 2 is 2.35 bits per heavy atom. The molecule has 8 heteroatoms. The van der Waals surface area contributed by atoms with Crippen molar-refractivity contribution in [1.82, 2.24) is 9.88 Å². The number of halogens is 2. The van der Waals surface area contributed by atoms with Gasteiger partial charge in [0.05, 0.1) is 17.1 Å². The normalized spacial score (nSPS) is 22.1. The first kappa shape index (κ1) is 15.1. The molecule has 2 atom stereocenters. The third kappa shape index (κ3) is 2.73. The maximum atomic E-state index is 13.2. The van der Waals surface area contributed by atoms with E-state index in [4.69, 9.17) is 11.6 Å². The Labute approximate surface area is 124 Å². The summed E-state index contributed by atoms with van der Waals surface area (Å²) in [6.45, 7) is 1.85. The highest BCUT2D eigenvalue weighted by atomic mass is 35.5. The molecule has 5 nitrogen and oxygen atoms in total. The molecule has 0 radical (unpaired) electrons. The summed E-state index contributed by atoms with van der Waals surface area (Å²) < 4.78 is 13.2. The van der Waals surface area contributed by atoms with E-state index in [0.29, 0.717) is 12.2 Å². The molecule has 1 aromatic heterocycles. The number of carboxylic acids is 1. The van der Waals surface area contributed by atoms with Crippen LogP contribution in [0.5, 0.6) is 0 Å². The molecule has 0 aromatic carbocycles. The lowest BCUT2D eigenvalue weighted by Crippen LogP contribution is -2.45. The van der Waals surface area contributed by atoms with Crippen molar-refractivity contribution in [2.75, 3.05) is 5.75 Å². The van der Waals surface area contributed by atoms with E-state index in [-0.39, 0.29) is 16.1 Å². The number of carboxylic acid groups (broad SMARTS) is 1. The zero-order valence-corrected chi connectivity index (χ0v) is 12.1. The molecule has 1 amide bonds. The van der Waals surface area contributed by atoms with E-state index in [1.54, 1.807) is 0 Å². The standard InChI is InChI=1S/C12H12ClFN2O3S/c1-2-9-16(8(5-20-9)12(18)19)11(17)7-3-6(14)4-15-10(7)13/h3-4,8-9H,2,5H2,1H3,(H,18,19). The Bertz CT molecular complexity index is 558. The summed E-state index contributed by atoms with van der Waals surface area (Å²) in [5, 5.41) is 8.79. The summed E-state index contributed by atoms with van der Waals surface area (Å²) in [5.41, 5.74) is -0.112. The van der Waals surface area contributed by atoms with Crippen molar-refractivity contribution in [3.63, 3.8) is 0 Å². The van der Waals surface area contributed by atoms with E-state index in [9.17, 15) is 19.1 Å². The number of pyridine rings is 1. The van der Waals surface area contributed by atoms with Gasteiger partial charge in [-0.05, 0) is 12.5 Å². The van der Waals surface area contributed by atoms with Crippen molar-refractivity contribution in [3.05, 3.63) is 28.8 Å². The van der Waals surface area contributed by atoms with Crippen LogP contribution in [0.25, 0.3) is 0 Å². The molecule has 20 heavy (non-hydrogen) atoms. The second-order valence-electron chi connectivity index (χ2n) is 4.25. The molecule has 1 aliphatic rings. The smallest absolute Gasteiger partial charge is 0.327 e. The number of nitrogens with zero attached hydrogens (tertiary/aromatic N) is 2. The molecule has 0 bridgehead atoms. The summed E-state index contributed by atoms with van der Waals surface area (Å²) >= 11 is 7.20. The van der Waals surface area contributed by atoms with Crippen molar-refractivity contribution in [1.29, 1.82) is 0 Å². The van der Waals surface area contributed by atoms with E-state index in [1.165, 1.54) is 16.7 Å². The Morgan fingerprint density at radius 3 is 2.95 bits per heavy atom. The third-order valence-corrected chi connectivity index (χ3v) is 4.75. The van der Waals surface area contributed by atoms with Crippen LogP contribution in [0.2, 0.25) is 5.15 Å². The largest absolute Gasteiger partial charge is 0.480 e. The molecule has 2 heterocycles. The summed E-state index contributed by atoms with van der Waals surface area (Å²) in [7, 11) is 0. The van der Waals surface area contributed by atoms with Gasteiger partial charge in [0.25, 0.3) is 5.91 Å². The number of amides is 1. The molecule has 1 aliphatic heterocycles. The van der Waals surface area contributed by atoms with Crippen LogP contribution >= 0.6 is 23.4 Å². The van der Waals surface area contributed by atoms with Gasteiger partial charge in [0, 0.05) is 5.75 Å². The fraction of sp³-hybridized carbons (Fsp3) is 0.417. The quantitative estimate of drug-likeness (QED) is 0.866. The van der Waals surface area contributed by atoms with Crippen LogP contribution in [-0.2, 0) is 4.79 Å². The van der Waals surface area contributed by atoms with Crippen LogP contribution in [0, 0.1) is 5.82 Å². The van der Waals surface area contributed by atoms with Crippen LogP contribution in [0.3, 0.4) is 0 Å². The van der Waals surface area contributed by atoms with Gasteiger partial charge in [-0.2, -0.15) is 0 Å². The lowest BCUT2D eigenvalue weighted by atomic mass is 10.2. The van der Waals surface area contributed by atoms with Crippen molar-refractivity contribution >= 4 is 35.2 Å². The Hall–Kier alpha value is -1.34. The number of hydrogen-bond acceptors (Lipinski definition) is 4. The fourth-order valence-electron chi connectivity index (χ4n) is 2.05. The van der Waals surface area contributed by atoms with Crippen LogP contribution in [0.1, 0.15) is 23.7 Å². The van der Waals surface area contributed by atoms with Crippen LogP contribution in [0.15, 0.2) is 12.3 Å². The SMILES string of the molecule is CCC1SCC(C(=O)O)N1C(=O)c1cc(F)cnc1Cl. The maximum absolute atomic E-state index is 13.2. The minimum Gasteiger partial charge on any atom is -0.480 e. The number of aliphatic carboxylic acids is 1. The van der Waals surface area contributed by atoms with Crippen molar-refractivity contribution < 1.29 is 19.1 Å². The van der Waals surface area contributed by atoms with E-state index < -0.39 is 23.7 Å². The molecule has 108 valence electrons. The van der Waals surface area contributed by atoms with Gasteiger partial charge in [-0.3, -0.25) is 4.79 Å². The van der Waals surface area contributed by atoms with Gasteiger partial charge in [0.1, 0.15) is 17.0 Å². The molecular formula is C12H12ClFN2O3S. The van der Waals surface area contributed by atoms with Crippen molar-refractivity contribution in [2.45, 2.75) is 24.8 Å². The minimum absolute atomic E-state index is 0.112. The lowest BCUT2D eigenvalue weighted by Gasteiger charge is -2.26. The van der Waals surface area contributed by atoms with Crippen LogP contribution in [-0.4, -0.2) is 44.0 Å². The summed E-state index contributed by atoms with van der Waals surface area (Å²) in [5.74, 6) is -2.07. The van der Waals surface area contributed by atoms with Crippen LogP contribution < -0.4 is 0 Å². The summed E-state index contributed by atoms with van der Waals surface area (Å²) in [6, 6.07) is 0.0449. The van der Waals surface area contributed by atoms with Gasteiger partial charge < -0.3 is 10.0 Å². The van der Waals surface area contributed by atoms with Gasteiger partial charge in [0.15, 0.2) is 0 Å². The van der Waals surface area contributed by atoms with E-state index in [1.807, 2.05) is 6.92 Å². The monoisotopic (exact) mass is 318 g/mol. The molecule has 2 unspecified atom stereocenters. The minimum atomic E-state index is -1.08. The van der Waals surface area contributed by atoms with Gasteiger partial charge >= 0.3 is 5.97 Å². The molecule has 1 N–H and O–H groups in total. The second kappa shape index (κ2) is 5.97. The first-order valence-corrected chi connectivity index (χ1v) is 7.36. The number of thioether (sulfide) groups is 1. The highest BCUT2D eigenvalue weighted by Crippen LogP contribution is 2.33. The Kier molecular flexibility index (Phi) is 4.49. The fourth-order valence-corrected chi connectivity index (χ4v) is 3.58. The Morgan fingerprint density at radius 1 is 1.65 bits per heavy atom. The van der Waals surface area contributed by atoms with E-state index >= 15 is 0 Å². The van der Waals surface area contributed by atoms with Gasteiger partial charge in [-0.1, -0.05) is 18.5 Å². The first-order chi connectivity index (χ1) is 9.45. The van der Waals surface area contributed by atoms with Crippen molar-refractivity contribution in [2.24, 2.45) is 0 Å². The molecule has 0 aliphatic carbocycles. The third-order valence-electron chi connectivity index (χ3n) is 3.00. The molecule has 0 saturated carbocycles. The summed E-state index contributed by atoms with van der Waals surface area (Å²) in [6.07, 6.45) is 1.50. The maximum Gasteiger partial charge on any atom is 0.327 e. The van der Waals surface area contributed by atoms with Gasteiger partial charge in [-0.15, -0.1) is 11.8 Å². The van der Waals surface area contributed by atoms with Gasteiger partial charge in [0.2, 0.25) is 0 Å². The highest BCUT2D eigenvalue weighted by Gasteiger charge is 2.41. The van der Waals surface area contributed by atoms with Gasteiger partial charge in [-0.25, -0.2) is 14.2 Å². The number of hydrogen-bond donors (Lipinski definition) is 1. The zero-order valence-electron chi connectivity index (χ0n) is 10.5. The predicted octanol–water partition coefficient (Wildman–Crippen LogP) is 2.25. The molecule has 1 aromatic rings. The molecule has 2 rings (SSSR count). The lowest BCUT2D eigenvalue weighted by molar-refractivity contribution is -0.141. The Balaban J connectivity index is 2.38. The number of carbonyl (C=O) groups excluding carboxylic acids is 1. The zero-order chi connectivity index (χ0) is 14.9. The first-order valence-electron chi connectivity index (χ1n) is 5.93. The topological polar surface area (TPSA) is 70.5 Å². The molecule has 1 fully saturated rings.